The van der Waals surface area contributed by atoms with Crippen LogP contribution in [0.15, 0.2) is 6.33 Å². The van der Waals surface area contributed by atoms with Gasteiger partial charge in [-0.1, -0.05) is 0 Å². The van der Waals surface area contributed by atoms with E-state index in [1.807, 2.05) is 0 Å². The molecule has 1 aliphatic heterocycles. The molecule has 1 saturated heterocycles. The number of anilines is 1. The standard InChI is InChI=1S/C10H12ClN5O3/c11-10-14-8(12)7-9(15-10)16(3-13-7)6-1-4(18)5(2-17)19-6/h3-6,17-18H,1-2H2,(H2,12,14,15)/t4-,5-,6+/m1/s1. The minimum Gasteiger partial charge on any atom is -0.394 e. The van der Waals surface area contributed by atoms with Crippen molar-refractivity contribution in [2.45, 2.75) is 24.9 Å². The van der Waals surface area contributed by atoms with Crippen LogP contribution in [0, 0.1) is 0 Å². The molecule has 0 unspecified atom stereocenters. The van der Waals surface area contributed by atoms with E-state index in [0.717, 1.165) is 0 Å². The SMILES string of the molecule is Nc1nc(Cl)nc2c1ncn2[C@@H]1C[C@@H](O)[C@@H](CO)O1. The molecule has 0 bridgehead atoms. The molecule has 2 aromatic rings. The molecule has 4 N–H and O–H groups in total. The highest BCUT2D eigenvalue weighted by Gasteiger charge is 2.35. The van der Waals surface area contributed by atoms with E-state index in [-0.39, 0.29) is 17.7 Å². The Labute approximate surface area is 112 Å². The number of nitrogens with zero attached hydrogens (tertiary/aromatic N) is 4. The van der Waals surface area contributed by atoms with Gasteiger partial charge in [-0.05, 0) is 11.6 Å². The lowest BCUT2D eigenvalue weighted by Gasteiger charge is -2.13. The van der Waals surface area contributed by atoms with Gasteiger partial charge in [-0.25, -0.2) is 4.98 Å². The summed E-state index contributed by atoms with van der Waals surface area (Å²) in [5.74, 6) is 0.186. The summed E-state index contributed by atoms with van der Waals surface area (Å²) in [6.45, 7) is -0.248. The molecule has 9 heteroatoms. The molecule has 0 aromatic carbocycles. The van der Waals surface area contributed by atoms with Crippen molar-refractivity contribution in [3.63, 3.8) is 0 Å². The normalized spacial score (nSPS) is 27.2. The number of nitrogens with two attached hydrogens (primary N) is 1. The van der Waals surface area contributed by atoms with Gasteiger partial charge in [0.2, 0.25) is 5.28 Å². The van der Waals surface area contributed by atoms with Gasteiger partial charge in [0, 0.05) is 6.42 Å². The van der Waals surface area contributed by atoms with Crippen LogP contribution in [0.3, 0.4) is 0 Å². The maximum Gasteiger partial charge on any atom is 0.226 e. The first-order valence-corrected chi connectivity index (χ1v) is 6.08. The highest BCUT2D eigenvalue weighted by atomic mass is 35.5. The Morgan fingerprint density at radius 3 is 3.00 bits per heavy atom. The lowest BCUT2D eigenvalue weighted by Crippen LogP contribution is -2.24. The summed E-state index contributed by atoms with van der Waals surface area (Å²) in [5.41, 5.74) is 6.57. The number of aromatic nitrogens is 4. The van der Waals surface area contributed by atoms with Gasteiger partial charge in [-0.15, -0.1) is 0 Å². The molecule has 102 valence electrons. The molecular weight excluding hydrogens is 274 g/mol. The molecule has 1 aliphatic rings. The number of nitrogen functional groups attached to an aromatic ring is 1. The van der Waals surface area contributed by atoms with Crippen molar-refractivity contribution in [1.82, 2.24) is 19.5 Å². The van der Waals surface area contributed by atoms with Crippen molar-refractivity contribution in [1.29, 1.82) is 0 Å². The lowest BCUT2D eigenvalue weighted by atomic mass is 10.2. The van der Waals surface area contributed by atoms with Crippen LogP contribution in [0.1, 0.15) is 12.6 Å². The minimum absolute atomic E-state index is 0.0176. The van der Waals surface area contributed by atoms with Crippen LogP contribution in [0.25, 0.3) is 11.2 Å². The molecule has 3 rings (SSSR count). The molecule has 3 heterocycles. The first kappa shape index (κ1) is 12.5. The molecule has 2 aromatic heterocycles. The zero-order chi connectivity index (χ0) is 13.6. The Morgan fingerprint density at radius 2 is 2.32 bits per heavy atom. The lowest BCUT2D eigenvalue weighted by molar-refractivity contribution is -0.0432. The molecule has 0 radical (unpaired) electrons. The summed E-state index contributed by atoms with van der Waals surface area (Å²) in [7, 11) is 0. The first-order valence-electron chi connectivity index (χ1n) is 5.70. The van der Waals surface area contributed by atoms with Gasteiger partial charge in [0.15, 0.2) is 11.5 Å². The van der Waals surface area contributed by atoms with Crippen LogP contribution in [0.5, 0.6) is 0 Å². The fourth-order valence-electron chi connectivity index (χ4n) is 2.17. The molecule has 1 fully saturated rings. The van der Waals surface area contributed by atoms with Crippen molar-refractivity contribution in [2.75, 3.05) is 12.3 Å². The van der Waals surface area contributed by atoms with Crippen molar-refractivity contribution >= 4 is 28.6 Å². The number of imidazole rings is 1. The molecule has 0 amide bonds. The van der Waals surface area contributed by atoms with E-state index in [9.17, 15) is 5.11 Å². The third-order valence-electron chi connectivity index (χ3n) is 3.12. The largest absolute Gasteiger partial charge is 0.394 e. The summed E-state index contributed by atoms with van der Waals surface area (Å²) in [4.78, 5) is 12.0. The van der Waals surface area contributed by atoms with E-state index in [1.54, 1.807) is 4.57 Å². The van der Waals surface area contributed by atoms with Crippen LogP contribution < -0.4 is 5.73 Å². The second kappa shape index (κ2) is 4.57. The fourth-order valence-corrected chi connectivity index (χ4v) is 2.34. The van der Waals surface area contributed by atoms with Crippen molar-refractivity contribution in [3.8, 4) is 0 Å². The van der Waals surface area contributed by atoms with Gasteiger partial charge < -0.3 is 20.7 Å². The Hall–Kier alpha value is -1.48. The highest BCUT2D eigenvalue weighted by Crippen LogP contribution is 2.31. The molecular formula is C10H12ClN5O3. The first-order chi connectivity index (χ1) is 9.10. The summed E-state index contributed by atoms with van der Waals surface area (Å²) in [5, 5.41) is 18.8. The predicted molar refractivity (Wildman–Crippen MR) is 66.4 cm³/mol. The van der Waals surface area contributed by atoms with Gasteiger partial charge in [0.25, 0.3) is 0 Å². The minimum atomic E-state index is -0.734. The van der Waals surface area contributed by atoms with Crippen molar-refractivity contribution in [2.24, 2.45) is 0 Å². The second-order valence-corrected chi connectivity index (χ2v) is 4.65. The Bertz CT molecular complexity index is 618. The third kappa shape index (κ3) is 2.02. The number of fused-ring (bicyclic) bond motifs is 1. The van der Waals surface area contributed by atoms with Gasteiger partial charge in [0.05, 0.1) is 19.0 Å². The summed E-state index contributed by atoms with van der Waals surface area (Å²) >= 11 is 5.77. The van der Waals surface area contributed by atoms with Crippen LogP contribution in [0.4, 0.5) is 5.82 Å². The maximum absolute atomic E-state index is 9.74. The number of ether oxygens (including phenoxy) is 1. The predicted octanol–water partition coefficient (Wildman–Crippen LogP) is -0.297. The third-order valence-corrected chi connectivity index (χ3v) is 3.28. The smallest absolute Gasteiger partial charge is 0.226 e. The Kier molecular flexibility index (Phi) is 3.02. The topological polar surface area (TPSA) is 119 Å². The van der Waals surface area contributed by atoms with Crippen LogP contribution >= 0.6 is 11.6 Å². The van der Waals surface area contributed by atoms with Gasteiger partial charge in [0.1, 0.15) is 17.8 Å². The number of aliphatic hydroxyl groups is 2. The van der Waals surface area contributed by atoms with Gasteiger partial charge in [-0.2, -0.15) is 9.97 Å². The van der Waals surface area contributed by atoms with Crippen LogP contribution in [-0.4, -0.2) is 48.5 Å². The second-order valence-electron chi connectivity index (χ2n) is 4.32. The molecule has 0 spiro atoms. The quantitative estimate of drug-likeness (QED) is 0.648. The molecule has 3 atom stereocenters. The van der Waals surface area contributed by atoms with Crippen LogP contribution in [0.2, 0.25) is 5.28 Å². The van der Waals surface area contributed by atoms with E-state index in [1.165, 1.54) is 6.33 Å². The molecule has 0 saturated carbocycles. The van der Waals surface area contributed by atoms with Gasteiger partial charge >= 0.3 is 0 Å². The Morgan fingerprint density at radius 1 is 1.53 bits per heavy atom. The number of rotatable bonds is 2. The molecule has 0 aliphatic carbocycles. The van der Waals surface area contributed by atoms with E-state index in [0.29, 0.717) is 17.6 Å². The summed E-state index contributed by atoms with van der Waals surface area (Å²) < 4.78 is 7.16. The average Bonchev–Trinajstić information content (AvgIpc) is 2.92. The summed E-state index contributed by atoms with van der Waals surface area (Å²) in [6.07, 6.45) is 0.0169. The van der Waals surface area contributed by atoms with Crippen LogP contribution in [-0.2, 0) is 4.74 Å². The van der Waals surface area contributed by atoms with E-state index >= 15 is 0 Å². The van der Waals surface area contributed by atoms with Crippen molar-refractivity contribution in [3.05, 3.63) is 11.6 Å². The number of aliphatic hydroxyl groups excluding tert-OH is 2. The number of halogens is 1. The van der Waals surface area contributed by atoms with Crippen molar-refractivity contribution < 1.29 is 14.9 Å². The molecule has 19 heavy (non-hydrogen) atoms. The number of hydrogen-bond donors (Lipinski definition) is 3. The van der Waals surface area contributed by atoms with Gasteiger partial charge in [-0.3, -0.25) is 4.57 Å². The zero-order valence-electron chi connectivity index (χ0n) is 9.77. The van der Waals surface area contributed by atoms with E-state index in [2.05, 4.69) is 15.0 Å². The monoisotopic (exact) mass is 285 g/mol. The Balaban J connectivity index is 2.02. The van der Waals surface area contributed by atoms with E-state index < -0.39 is 18.4 Å². The fraction of sp³-hybridized carbons (Fsp3) is 0.500. The average molecular weight is 286 g/mol. The van der Waals surface area contributed by atoms with E-state index in [4.69, 9.17) is 27.2 Å². The summed E-state index contributed by atoms with van der Waals surface area (Å²) in [6, 6.07) is 0. The number of hydrogen-bond acceptors (Lipinski definition) is 7. The highest BCUT2D eigenvalue weighted by molar-refractivity contribution is 6.28. The maximum atomic E-state index is 9.74. The zero-order valence-corrected chi connectivity index (χ0v) is 10.5. The molecule has 8 nitrogen and oxygen atoms in total.